The zero-order valence-corrected chi connectivity index (χ0v) is 9.63. The van der Waals surface area contributed by atoms with Gasteiger partial charge in [0, 0.05) is 25.2 Å². The van der Waals surface area contributed by atoms with Crippen molar-refractivity contribution >= 4 is 5.82 Å². The molecule has 1 N–H and O–H groups in total. The van der Waals surface area contributed by atoms with Crippen molar-refractivity contribution in [1.29, 1.82) is 5.26 Å². The molecule has 0 aliphatic carbocycles. The van der Waals surface area contributed by atoms with Crippen LogP contribution in [0.2, 0.25) is 0 Å². The largest absolute Gasteiger partial charge is 0.354 e. The number of anilines is 1. The summed E-state index contributed by atoms with van der Waals surface area (Å²) in [4.78, 5) is 10.7. The van der Waals surface area contributed by atoms with Gasteiger partial charge in [-0.3, -0.25) is 0 Å². The Morgan fingerprint density at radius 1 is 1.24 bits per heavy atom. The molecule has 2 atom stereocenters. The highest BCUT2D eigenvalue weighted by Crippen LogP contribution is 2.22. The van der Waals surface area contributed by atoms with Crippen molar-refractivity contribution in [2.75, 3.05) is 18.0 Å². The second-order valence-corrected chi connectivity index (χ2v) is 4.74. The molecule has 88 valence electrons. The average Bonchev–Trinajstić information content (AvgIpc) is 2.69. The van der Waals surface area contributed by atoms with E-state index in [4.69, 9.17) is 5.26 Å². The summed E-state index contributed by atoms with van der Waals surface area (Å²) < 4.78 is 0. The van der Waals surface area contributed by atoms with Gasteiger partial charge >= 0.3 is 0 Å². The molecule has 5 nitrogen and oxygen atoms in total. The molecule has 2 fully saturated rings. The minimum atomic E-state index is 0.378. The Hall–Kier alpha value is -1.67. The normalized spacial score (nSPS) is 27.6. The summed E-state index contributed by atoms with van der Waals surface area (Å²) in [7, 11) is 0. The molecule has 2 saturated heterocycles. The van der Waals surface area contributed by atoms with Gasteiger partial charge in [-0.25, -0.2) is 9.97 Å². The van der Waals surface area contributed by atoms with Gasteiger partial charge in [0.05, 0.1) is 12.4 Å². The van der Waals surface area contributed by atoms with Crippen LogP contribution in [0.25, 0.3) is 0 Å². The Balaban J connectivity index is 1.77. The molecule has 5 heteroatoms. The van der Waals surface area contributed by atoms with Gasteiger partial charge in [0.1, 0.15) is 11.9 Å². The Morgan fingerprint density at radius 3 is 2.88 bits per heavy atom. The first-order valence-electron chi connectivity index (χ1n) is 6.08. The molecule has 3 heterocycles. The van der Waals surface area contributed by atoms with Gasteiger partial charge in [0.15, 0.2) is 5.69 Å². The number of rotatable bonds is 1. The molecule has 2 aliphatic rings. The highest BCUT2D eigenvalue weighted by molar-refractivity contribution is 5.38. The van der Waals surface area contributed by atoms with Crippen LogP contribution in [0.15, 0.2) is 12.4 Å². The zero-order valence-electron chi connectivity index (χ0n) is 9.63. The highest BCUT2D eigenvalue weighted by atomic mass is 15.2. The monoisotopic (exact) mass is 229 g/mol. The molecule has 1 aromatic heterocycles. The fourth-order valence-corrected chi connectivity index (χ4v) is 2.69. The molecule has 0 aromatic carbocycles. The lowest BCUT2D eigenvalue weighted by molar-refractivity contribution is 0.563. The quantitative estimate of drug-likeness (QED) is 0.767. The number of hydrogen-bond acceptors (Lipinski definition) is 5. The molecule has 0 spiro atoms. The van der Waals surface area contributed by atoms with E-state index in [2.05, 4.69) is 20.2 Å². The molecule has 2 unspecified atom stereocenters. The predicted octanol–water partition coefficient (Wildman–Crippen LogP) is 0.679. The number of nitrogens with zero attached hydrogens (tertiary/aromatic N) is 4. The van der Waals surface area contributed by atoms with E-state index < -0.39 is 0 Å². The number of nitriles is 1. The van der Waals surface area contributed by atoms with Crippen LogP contribution < -0.4 is 10.2 Å². The van der Waals surface area contributed by atoms with Crippen LogP contribution in [-0.4, -0.2) is 35.1 Å². The van der Waals surface area contributed by atoms with Crippen LogP contribution >= 0.6 is 0 Å². The van der Waals surface area contributed by atoms with Crippen molar-refractivity contribution < 1.29 is 0 Å². The van der Waals surface area contributed by atoms with Crippen LogP contribution in [0.3, 0.4) is 0 Å². The fourth-order valence-electron chi connectivity index (χ4n) is 2.69. The van der Waals surface area contributed by atoms with Crippen LogP contribution in [0.4, 0.5) is 5.82 Å². The van der Waals surface area contributed by atoms with Crippen LogP contribution in [0.5, 0.6) is 0 Å². The third-order valence-corrected chi connectivity index (χ3v) is 3.60. The average molecular weight is 229 g/mol. The smallest absolute Gasteiger partial charge is 0.158 e. The van der Waals surface area contributed by atoms with Gasteiger partial charge in [-0.15, -0.1) is 0 Å². The van der Waals surface area contributed by atoms with Crippen LogP contribution in [0.1, 0.15) is 25.0 Å². The first-order valence-corrected chi connectivity index (χ1v) is 6.08. The number of hydrogen-bond donors (Lipinski definition) is 1. The third kappa shape index (κ3) is 2.08. The molecule has 0 saturated carbocycles. The summed E-state index contributed by atoms with van der Waals surface area (Å²) in [5.41, 5.74) is 0.378. The standard InChI is InChI=1S/C12H15N5/c13-5-11-6-15-12(7-14-11)17-4-3-9-1-2-10(8-17)16-9/h6-7,9-10,16H,1-4,8H2. The molecule has 0 radical (unpaired) electrons. The number of nitrogens with one attached hydrogen (secondary N) is 1. The minimum absolute atomic E-state index is 0.378. The van der Waals surface area contributed by atoms with Crippen molar-refractivity contribution in [3.8, 4) is 6.07 Å². The minimum Gasteiger partial charge on any atom is -0.354 e. The Morgan fingerprint density at radius 2 is 2.12 bits per heavy atom. The SMILES string of the molecule is N#Cc1cnc(N2CCC3CCC(C2)N3)cn1. The molecule has 17 heavy (non-hydrogen) atoms. The Labute approximate surface area is 100 Å². The summed E-state index contributed by atoms with van der Waals surface area (Å²) in [6, 6.07) is 3.25. The second-order valence-electron chi connectivity index (χ2n) is 4.74. The van der Waals surface area contributed by atoms with Gasteiger partial charge in [-0.2, -0.15) is 5.26 Å². The van der Waals surface area contributed by atoms with E-state index in [0.29, 0.717) is 17.8 Å². The molecular formula is C12H15N5. The lowest BCUT2D eigenvalue weighted by atomic mass is 10.1. The van der Waals surface area contributed by atoms with E-state index in [1.54, 1.807) is 12.4 Å². The van der Waals surface area contributed by atoms with Crippen molar-refractivity contribution in [3.63, 3.8) is 0 Å². The van der Waals surface area contributed by atoms with Gasteiger partial charge in [-0.05, 0) is 19.3 Å². The van der Waals surface area contributed by atoms with Gasteiger partial charge in [-0.1, -0.05) is 0 Å². The summed E-state index contributed by atoms with van der Waals surface area (Å²) >= 11 is 0. The van der Waals surface area contributed by atoms with Crippen molar-refractivity contribution in [3.05, 3.63) is 18.1 Å². The van der Waals surface area contributed by atoms with E-state index >= 15 is 0 Å². The molecule has 0 amide bonds. The van der Waals surface area contributed by atoms with Crippen molar-refractivity contribution in [2.24, 2.45) is 0 Å². The topological polar surface area (TPSA) is 64.8 Å². The molecule has 2 aliphatic heterocycles. The van der Waals surface area contributed by atoms with Gasteiger partial charge in [0.25, 0.3) is 0 Å². The Bertz CT molecular complexity index is 435. The van der Waals surface area contributed by atoms with Gasteiger partial charge in [0.2, 0.25) is 0 Å². The summed E-state index contributed by atoms with van der Waals surface area (Å²) in [5.74, 6) is 0.887. The first-order chi connectivity index (χ1) is 8.35. The molecular weight excluding hydrogens is 214 g/mol. The molecule has 1 aromatic rings. The number of aromatic nitrogens is 2. The maximum absolute atomic E-state index is 8.69. The number of fused-ring (bicyclic) bond motifs is 2. The van der Waals surface area contributed by atoms with Gasteiger partial charge < -0.3 is 10.2 Å². The molecule has 3 rings (SSSR count). The van der Waals surface area contributed by atoms with Crippen LogP contribution in [-0.2, 0) is 0 Å². The van der Waals surface area contributed by atoms with E-state index in [-0.39, 0.29) is 0 Å². The molecule has 2 bridgehead atoms. The third-order valence-electron chi connectivity index (χ3n) is 3.60. The zero-order chi connectivity index (χ0) is 11.7. The second kappa shape index (κ2) is 4.30. The first kappa shape index (κ1) is 10.5. The van der Waals surface area contributed by atoms with Crippen molar-refractivity contribution in [2.45, 2.75) is 31.3 Å². The lowest BCUT2D eigenvalue weighted by Gasteiger charge is -2.24. The van der Waals surface area contributed by atoms with E-state index in [9.17, 15) is 0 Å². The maximum atomic E-state index is 8.69. The predicted molar refractivity (Wildman–Crippen MR) is 63.5 cm³/mol. The lowest BCUT2D eigenvalue weighted by Crippen LogP contribution is -2.35. The summed E-state index contributed by atoms with van der Waals surface area (Å²) in [6.07, 6.45) is 6.98. The Kier molecular flexibility index (Phi) is 2.65. The van der Waals surface area contributed by atoms with Crippen LogP contribution in [0, 0.1) is 11.3 Å². The summed E-state index contributed by atoms with van der Waals surface area (Å²) in [6.45, 7) is 2.02. The van der Waals surface area contributed by atoms with E-state index in [1.807, 2.05) is 6.07 Å². The fraction of sp³-hybridized carbons (Fsp3) is 0.583. The maximum Gasteiger partial charge on any atom is 0.158 e. The van der Waals surface area contributed by atoms with Crippen molar-refractivity contribution in [1.82, 2.24) is 15.3 Å². The summed E-state index contributed by atoms with van der Waals surface area (Å²) in [5, 5.41) is 12.3. The highest BCUT2D eigenvalue weighted by Gasteiger charge is 2.29. The van der Waals surface area contributed by atoms with E-state index in [1.165, 1.54) is 12.8 Å². The van der Waals surface area contributed by atoms with E-state index in [0.717, 1.165) is 25.3 Å².